The Labute approximate surface area is 131 Å². The summed E-state index contributed by atoms with van der Waals surface area (Å²) in [6.07, 6.45) is 7.31. The van der Waals surface area contributed by atoms with Crippen LogP contribution < -0.4 is 10.1 Å². The summed E-state index contributed by atoms with van der Waals surface area (Å²) in [6.45, 7) is 0.782. The first kappa shape index (κ1) is 15.2. The zero-order valence-corrected chi connectivity index (χ0v) is 12.9. The van der Waals surface area contributed by atoms with Crippen LogP contribution in [0.5, 0.6) is 5.75 Å². The Morgan fingerprint density at radius 2 is 2.10 bits per heavy atom. The first-order valence-corrected chi connectivity index (χ1v) is 7.16. The topological polar surface area (TPSA) is 51.5 Å². The summed E-state index contributed by atoms with van der Waals surface area (Å²) in [4.78, 5) is 11.8. The predicted octanol–water partition coefficient (Wildman–Crippen LogP) is 3.03. The van der Waals surface area contributed by atoms with Crippen molar-refractivity contribution in [1.82, 2.24) is 5.32 Å². The Hall–Kier alpha value is -2.19. The van der Waals surface area contributed by atoms with E-state index in [0.717, 1.165) is 17.7 Å². The number of terminal acetylenes is 1. The van der Waals surface area contributed by atoms with Gasteiger partial charge in [-0.25, -0.2) is 0 Å². The van der Waals surface area contributed by atoms with Crippen molar-refractivity contribution in [1.29, 1.82) is 0 Å². The van der Waals surface area contributed by atoms with Gasteiger partial charge in [-0.1, -0.05) is 18.1 Å². The van der Waals surface area contributed by atoms with Gasteiger partial charge in [0.05, 0.1) is 10.7 Å². The lowest BCUT2D eigenvalue weighted by Crippen LogP contribution is -2.25. The number of rotatable bonds is 6. The quantitative estimate of drug-likeness (QED) is 0.817. The van der Waals surface area contributed by atoms with Gasteiger partial charge in [-0.15, -0.1) is 6.42 Å². The first-order valence-electron chi connectivity index (χ1n) is 6.37. The van der Waals surface area contributed by atoms with E-state index < -0.39 is 0 Å². The van der Waals surface area contributed by atoms with Crippen LogP contribution in [0, 0.1) is 12.3 Å². The van der Waals surface area contributed by atoms with E-state index in [1.54, 1.807) is 6.07 Å². The van der Waals surface area contributed by atoms with Gasteiger partial charge in [0.25, 0.3) is 5.91 Å². The SMILES string of the molecule is C#CCOc1ccc(CCNC(=O)c2occc2Br)cc1. The molecular weight excluding hydrogens is 334 g/mol. The van der Waals surface area contributed by atoms with Gasteiger partial charge in [-0.3, -0.25) is 4.79 Å². The van der Waals surface area contributed by atoms with Crippen molar-refractivity contribution in [3.8, 4) is 18.1 Å². The molecule has 4 nitrogen and oxygen atoms in total. The minimum Gasteiger partial charge on any atom is -0.481 e. The molecule has 0 unspecified atom stereocenters. The molecule has 0 radical (unpaired) electrons. The normalized spacial score (nSPS) is 9.90. The fourth-order valence-corrected chi connectivity index (χ4v) is 2.12. The van der Waals surface area contributed by atoms with E-state index in [1.807, 2.05) is 24.3 Å². The maximum absolute atomic E-state index is 11.8. The third kappa shape index (κ3) is 4.40. The number of furan rings is 1. The Balaban J connectivity index is 1.80. The fraction of sp³-hybridized carbons (Fsp3) is 0.188. The van der Waals surface area contributed by atoms with Crippen molar-refractivity contribution in [2.75, 3.05) is 13.2 Å². The third-order valence-corrected chi connectivity index (χ3v) is 3.39. The number of hydrogen-bond acceptors (Lipinski definition) is 3. The van der Waals surface area contributed by atoms with Crippen LogP contribution in [-0.4, -0.2) is 19.1 Å². The zero-order chi connectivity index (χ0) is 15.1. The number of nitrogens with one attached hydrogen (secondary N) is 1. The van der Waals surface area contributed by atoms with Gasteiger partial charge in [0.15, 0.2) is 0 Å². The van der Waals surface area contributed by atoms with Crippen molar-refractivity contribution >= 4 is 21.8 Å². The van der Waals surface area contributed by atoms with Gasteiger partial charge in [-0.2, -0.15) is 0 Å². The molecule has 1 amide bonds. The number of halogens is 1. The highest BCUT2D eigenvalue weighted by Gasteiger charge is 2.12. The lowest BCUT2D eigenvalue weighted by molar-refractivity contribution is 0.0925. The summed E-state index contributed by atoms with van der Waals surface area (Å²) in [5.74, 6) is 3.20. The van der Waals surface area contributed by atoms with E-state index >= 15 is 0 Å². The first-order chi connectivity index (χ1) is 10.2. The standard InChI is InChI=1S/C16H14BrNO3/c1-2-10-20-13-5-3-12(4-6-13)7-9-18-16(19)15-14(17)8-11-21-15/h1,3-6,8,11H,7,9-10H2,(H,18,19). The summed E-state index contributed by atoms with van der Waals surface area (Å²) in [5.41, 5.74) is 1.10. The van der Waals surface area contributed by atoms with Crippen molar-refractivity contribution in [3.05, 3.63) is 52.4 Å². The average molecular weight is 348 g/mol. The predicted molar refractivity (Wildman–Crippen MR) is 83.2 cm³/mol. The highest BCUT2D eigenvalue weighted by molar-refractivity contribution is 9.10. The zero-order valence-electron chi connectivity index (χ0n) is 11.3. The van der Waals surface area contributed by atoms with Crippen LogP contribution in [-0.2, 0) is 6.42 Å². The number of ether oxygens (including phenoxy) is 1. The molecule has 0 spiro atoms. The molecule has 1 aromatic heterocycles. The molecule has 5 heteroatoms. The fourth-order valence-electron chi connectivity index (χ4n) is 1.73. The van der Waals surface area contributed by atoms with Crippen molar-refractivity contribution < 1.29 is 13.9 Å². The van der Waals surface area contributed by atoms with E-state index in [2.05, 4.69) is 27.2 Å². The van der Waals surface area contributed by atoms with E-state index in [9.17, 15) is 4.79 Å². The highest BCUT2D eigenvalue weighted by atomic mass is 79.9. The van der Waals surface area contributed by atoms with Crippen LogP contribution in [0.15, 0.2) is 45.5 Å². The van der Waals surface area contributed by atoms with Crippen LogP contribution in [0.3, 0.4) is 0 Å². The second kappa shape index (κ2) is 7.55. The molecule has 0 atom stereocenters. The molecule has 21 heavy (non-hydrogen) atoms. The smallest absolute Gasteiger partial charge is 0.288 e. The van der Waals surface area contributed by atoms with Crippen molar-refractivity contribution in [2.24, 2.45) is 0 Å². The van der Waals surface area contributed by atoms with E-state index in [1.165, 1.54) is 6.26 Å². The molecule has 0 aliphatic heterocycles. The summed E-state index contributed by atoms with van der Waals surface area (Å²) in [5, 5.41) is 2.80. The second-order valence-corrected chi connectivity index (χ2v) is 5.09. The van der Waals surface area contributed by atoms with Gasteiger partial charge in [0, 0.05) is 6.54 Å². The summed E-state index contributed by atoms with van der Waals surface area (Å²) in [6, 6.07) is 9.29. The lowest BCUT2D eigenvalue weighted by Gasteiger charge is -2.06. The molecule has 0 aliphatic carbocycles. The Bertz CT molecular complexity index is 640. The lowest BCUT2D eigenvalue weighted by atomic mass is 10.1. The monoisotopic (exact) mass is 347 g/mol. The Morgan fingerprint density at radius 3 is 2.71 bits per heavy atom. The average Bonchev–Trinajstić information content (AvgIpc) is 2.92. The summed E-state index contributed by atoms with van der Waals surface area (Å²) < 4.78 is 11.0. The maximum Gasteiger partial charge on any atom is 0.288 e. The largest absolute Gasteiger partial charge is 0.481 e. The van der Waals surface area contributed by atoms with Gasteiger partial charge < -0.3 is 14.5 Å². The van der Waals surface area contributed by atoms with Gasteiger partial charge in [0.1, 0.15) is 12.4 Å². The number of amides is 1. The minimum absolute atomic E-state index is 0.235. The number of benzene rings is 1. The van der Waals surface area contributed by atoms with E-state index in [0.29, 0.717) is 11.0 Å². The van der Waals surface area contributed by atoms with E-state index in [4.69, 9.17) is 15.6 Å². The van der Waals surface area contributed by atoms with Crippen LogP contribution >= 0.6 is 15.9 Å². The molecule has 0 saturated carbocycles. The number of carbonyl (C=O) groups is 1. The molecule has 0 saturated heterocycles. The molecule has 0 bridgehead atoms. The molecular formula is C16H14BrNO3. The number of hydrogen-bond donors (Lipinski definition) is 1. The molecule has 0 fully saturated rings. The summed E-state index contributed by atoms with van der Waals surface area (Å²) in [7, 11) is 0. The minimum atomic E-state index is -0.235. The molecule has 1 heterocycles. The van der Waals surface area contributed by atoms with Gasteiger partial charge in [-0.05, 0) is 46.1 Å². The molecule has 0 aliphatic rings. The van der Waals surface area contributed by atoms with Crippen LogP contribution in [0.2, 0.25) is 0 Å². The maximum atomic E-state index is 11.8. The van der Waals surface area contributed by atoms with Gasteiger partial charge in [0.2, 0.25) is 5.76 Å². The Kier molecular flexibility index (Phi) is 5.47. The third-order valence-electron chi connectivity index (χ3n) is 2.77. The van der Waals surface area contributed by atoms with Gasteiger partial charge >= 0.3 is 0 Å². The molecule has 108 valence electrons. The van der Waals surface area contributed by atoms with Crippen molar-refractivity contribution in [3.63, 3.8) is 0 Å². The van der Waals surface area contributed by atoms with Crippen molar-refractivity contribution in [2.45, 2.75) is 6.42 Å². The Morgan fingerprint density at radius 1 is 1.33 bits per heavy atom. The second-order valence-electron chi connectivity index (χ2n) is 4.24. The van der Waals surface area contributed by atoms with Crippen LogP contribution in [0.4, 0.5) is 0 Å². The van der Waals surface area contributed by atoms with Crippen LogP contribution in [0.25, 0.3) is 0 Å². The molecule has 2 rings (SSSR count). The molecule has 1 N–H and O–H groups in total. The van der Waals surface area contributed by atoms with Crippen LogP contribution in [0.1, 0.15) is 16.1 Å². The van der Waals surface area contributed by atoms with E-state index in [-0.39, 0.29) is 18.3 Å². The highest BCUT2D eigenvalue weighted by Crippen LogP contribution is 2.17. The molecule has 1 aromatic carbocycles. The molecule has 2 aromatic rings. The summed E-state index contributed by atoms with van der Waals surface area (Å²) >= 11 is 3.25. The number of carbonyl (C=O) groups excluding carboxylic acids is 1.